The van der Waals surface area contributed by atoms with Crippen LogP contribution in [0, 0.1) is 11.8 Å². The third kappa shape index (κ3) is 2.13. The van der Waals surface area contributed by atoms with Gasteiger partial charge in [0.05, 0.1) is 0 Å². The van der Waals surface area contributed by atoms with Crippen LogP contribution in [-0.2, 0) is 4.79 Å². The Bertz CT molecular complexity index is 278. The van der Waals surface area contributed by atoms with E-state index in [-0.39, 0.29) is 5.91 Å². The van der Waals surface area contributed by atoms with Crippen molar-refractivity contribution in [3.63, 3.8) is 0 Å². The van der Waals surface area contributed by atoms with Crippen molar-refractivity contribution in [1.82, 2.24) is 5.32 Å². The van der Waals surface area contributed by atoms with Gasteiger partial charge in [-0.05, 0) is 25.8 Å². The third-order valence-corrected chi connectivity index (χ3v) is 1.99. The second-order valence-corrected chi connectivity index (χ2v) is 2.88. The van der Waals surface area contributed by atoms with E-state index in [1.54, 1.807) is 0 Å². The molecule has 0 radical (unpaired) electrons. The highest BCUT2D eigenvalue weighted by Gasteiger charge is 2.12. The molecule has 12 heavy (non-hydrogen) atoms. The van der Waals surface area contributed by atoms with Crippen LogP contribution in [0.5, 0.6) is 0 Å². The molecule has 0 saturated heterocycles. The van der Waals surface area contributed by atoms with Crippen LogP contribution in [-0.4, -0.2) is 5.91 Å². The molecule has 1 N–H and O–H groups in total. The first-order chi connectivity index (χ1) is 5.74. The molecule has 64 valence electrons. The summed E-state index contributed by atoms with van der Waals surface area (Å²) in [4.78, 5) is 10.9. The number of nitrogens with one attached hydrogen (secondary N) is 1. The van der Waals surface area contributed by atoms with Crippen LogP contribution in [0.4, 0.5) is 0 Å². The van der Waals surface area contributed by atoms with Crippen molar-refractivity contribution in [2.75, 3.05) is 0 Å². The predicted molar refractivity (Wildman–Crippen MR) is 48.1 cm³/mol. The van der Waals surface area contributed by atoms with Gasteiger partial charge in [-0.15, -0.1) is 5.92 Å². The lowest BCUT2D eigenvalue weighted by molar-refractivity contribution is -0.120. The van der Waals surface area contributed by atoms with Crippen LogP contribution < -0.4 is 5.32 Å². The van der Waals surface area contributed by atoms with E-state index in [9.17, 15) is 4.79 Å². The molecule has 0 bridgehead atoms. The van der Waals surface area contributed by atoms with Gasteiger partial charge in [0.2, 0.25) is 5.91 Å². The lowest BCUT2D eigenvalue weighted by Gasteiger charge is -2.16. The Labute approximate surface area is 73.0 Å². The summed E-state index contributed by atoms with van der Waals surface area (Å²) in [6, 6.07) is 0. The van der Waals surface area contributed by atoms with Crippen molar-refractivity contribution in [2.24, 2.45) is 0 Å². The number of amides is 1. The fourth-order valence-electron chi connectivity index (χ4n) is 1.23. The first-order valence-corrected chi connectivity index (χ1v) is 4.12. The van der Waals surface area contributed by atoms with Crippen molar-refractivity contribution in [1.29, 1.82) is 0 Å². The maximum atomic E-state index is 10.9. The zero-order chi connectivity index (χ0) is 8.97. The fraction of sp³-hybridized carbons (Fsp3) is 0.500. The summed E-state index contributed by atoms with van der Waals surface area (Å²) < 4.78 is 0. The Morgan fingerprint density at radius 2 is 2.25 bits per heavy atom. The molecule has 1 aliphatic rings. The summed E-state index contributed by atoms with van der Waals surface area (Å²) >= 11 is 0. The van der Waals surface area contributed by atoms with E-state index in [0.717, 1.165) is 18.5 Å². The topological polar surface area (TPSA) is 29.1 Å². The molecule has 0 saturated carbocycles. The Morgan fingerprint density at radius 1 is 1.50 bits per heavy atom. The van der Waals surface area contributed by atoms with Crippen molar-refractivity contribution < 1.29 is 4.79 Å². The van der Waals surface area contributed by atoms with E-state index in [2.05, 4.69) is 17.2 Å². The molecule has 1 amide bonds. The predicted octanol–water partition coefficient (Wildman–Crippen LogP) is 1.58. The molecule has 2 heteroatoms. The normalized spacial score (nSPS) is 16.7. The van der Waals surface area contributed by atoms with Gasteiger partial charge in [-0.2, -0.15) is 0 Å². The van der Waals surface area contributed by atoms with E-state index in [1.165, 1.54) is 5.57 Å². The highest BCUT2D eigenvalue weighted by molar-refractivity contribution is 5.79. The van der Waals surface area contributed by atoms with Gasteiger partial charge in [0, 0.05) is 18.5 Å². The fourth-order valence-corrected chi connectivity index (χ4v) is 1.23. The van der Waals surface area contributed by atoms with Crippen molar-refractivity contribution in [3.8, 4) is 11.8 Å². The standard InChI is InChI=1S/C10H13NO/c1-3-4-5-9-6-7-10(12)11-8(9)2/h5-7H2,1-2H3,(H,11,12). The smallest absolute Gasteiger partial charge is 0.224 e. The minimum atomic E-state index is 0.126. The van der Waals surface area contributed by atoms with E-state index in [0.29, 0.717) is 6.42 Å². The Kier molecular flexibility index (Phi) is 2.93. The number of carbonyl (C=O) groups is 1. The highest BCUT2D eigenvalue weighted by atomic mass is 16.1. The Balaban J connectivity index is 2.66. The molecule has 1 heterocycles. The largest absolute Gasteiger partial charge is 0.330 e. The molecular formula is C10H13NO. The monoisotopic (exact) mass is 163 g/mol. The van der Waals surface area contributed by atoms with Gasteiger partial charge < -0.3 is 5.32 Å². The first-order valence-electron chi connectivity index (χ1n) is 4.12. The van der Waals surface area contributed by atoms with E-state index in [4.69, 9.17) is 0 Å². The summed E-state index contributed by atoms with van der Waals surface area (Å²) in [7, 11) is 0. The van der Waals surface area contributed by atoms with Gasteiger partial charge in [0.25, 0.3) is 0 Å². The minimum absolute atomic E-state index is 0.126. The minimum Gasteiger partial charge on any atom is -0.330 e. The van der Waals surface area contributed by atoms with Gasteiger partial charge in [-0.1, -0.05) is 5.92 Å². The highest BCUT2D eigenvalue weighted by Crippen LogP contribution is 2.17. The molecule has 0 fully saturated rings. The number of allylic oxidation sites excluding steroid dienone is 2. The summed E-state index contributed by atoms with van der Waals surface area (Å²) in [5, 5.41) is 2.81. The second-order valence-electron chi connectivity index (χ2n) is 2.88. The molecule has 0 aromatic rings. The van der Waals surface area contributed by atoms with Crippen molar-refractivity contribution in [3.05, 3.63) is 11.3 Å². The van der Waals surface area contributed by atoms with Gasteiger partial charge in [-0.25, -0.2) is 0 Å². The van der Waals surface area contributed by atoms with Gasteiger partial charge in [0.1, 0.15) is 0 Å². The van der Waals surface area contributed by atoms with Crippen LogP contribution in [0.1, 0.15) is 33.1 Å². The lowest BCUT2D eigenvalue weighted by Crippen LogP contribution is -2.26. The maximum Gasteiger partial charge on any atom is 0.224 e. The van der Waals surface area contributed by atoms with Gasteiger partial charge in [0.15, 0.2) is 0 Å². The van der Waals surface area contributed by atoms with Gasteiger partial charge >= 0.3 is 0 Å². The first kappa shape index (κ1) is 8.86. The SMILES string of the molecule is CC#CCC1=C(C)NC(=O)CC1. The average molecular weight is 163 g/mol. The van der Waals surface area contributed by atoms with Crippen LogP contribution in [0.2, 0.25) is 0 Å². The van der Waals surface area contributed by atoms with Crippen LogP contribution in [0.15, 0.2) is 11.3 Å². The number of rotatable bonds is 1. The zero-order valence-electron chi connectivity index (χ0n) is 7.53. The number of hydrogen-bond acceptors (Lipinski definition) is 1. The molecule has 1 rings (SSSR count). The molecule has 0 aliphatic carbocycles. The summed E-state index contributed by atoms with van der Waals surface area (Å²) in [5.41, 5.74) is 2.26. The van der Waals surface area contributed by atoms with E-state index in [1.807, 2.05) is 13.8 Å². The van der Waals surface area contributed by atoms with Crippen molar-refractivity contribution >= 4 is 5.91 Å². The molecule has 0 atom stereocenters. The van der Waals surface area contributed by atoms with E-state index < -0.39 is 0 Å². The van der Waals surface area contributed by atoms with E-state index >= 15 is 0 Å². The Hall–Kier alpha value is -1.23. The number of carbonyl (C=O) groups excluding carboxylic acids is 1. The maximum absolute atomic E-state index is 10.9. The lowest BCUT2D eigenvalue weighted by atomic mass is 10.0. The van der Waals surface area contributed by atoms with Crippen LogP contribution in [0.25, 0.3) is 0 Å². The van der Waals surface area contributed by atoms with Gasteiger partial charge in [-0.3, -0.25) is 4.79 Å². The molecule has 2 nitrogen and oxygen atoms in total. The molecule has 0 aromatic carbocycles. The quantitative estimate of drug-likeness (QED) is 0.584. The second kappa shape index (κ2) is 3.96. The summed E-state index contributed by atoms with van der Waals surface area (Å²) in [6.45, 7) is 3.76. The average Bonchev–Trinajstić information content (AvgIpc) is 2.03. The molecule has 0 unspecified atom stereocenters. The van der Waals surface area contributed by atoms with Crippen LogP contribution >= 0.6 is 0 Å². The number of hydrogen-bond donors (Lipinski definition) is 1. The molecule has 1 aliphatic heterocycles. The molecule has 0 spiro atoms. The zero-order valence-corrected chi connectivity index (χ0v) is 7.53. The summed E-state index contributed by atoms with van der Waals surface area (Å²) in [6.07, 6.45) is 2.27. The molecule has 0 aromatic heterocycles. The summed E-state index contributed by atoms with van der Waals surface area (Å²) in [5.74, 6) is 5.98. The third-order valence-electron chi connectivity index (χ3n) is 1.99. The van der Waals surface area contributed by atoms with Crippen molar-refractivity contribution in [2.45, 2.75) is 33.1 Å². The molecular weight excluding hydrogens is 150 g/mol. The Morgan fingerprint density at radius 3 is 2.83 bits per heavy atom. The van der Waals surface area contributed by atoms with Crippen LogP contribution in [0.3, 0.4) is 0 Å².